The Balaban J connectivity index is 1.53. The summed E-state index contributed by atoms with van der Waals surface area (Å²) in [5.74, 6) is -0.858. The summed E-state index contributed by atoms with van der Waals surface area (Å²) in [4.78, 5) is 24.8. The molecule has 1 N–H and O–H groups in total. The standard InChI is InChI=1S/C21H13F3N2O4/c22-21(23,24)30-15-8-6-13(7-9-15)18-11-10-16(29-18)12-17-19(27)25-26(20(17)28)14-4-2-1-3-5-14/h1-12H,(H,25,27)/b17-12-. The summed E-state index contributed by atoms with van der Waals surface area (Å²) in [6.07, 6.45) is -3.46. The number of nitrogens with one attached hydrogen (secondary N) is 1. The van der Waals surface area contributed by atoms with Gasteiger partial charge in [0.2, 0.25) is 0 Å². The van der Waals surface area contributed by atoms with Gasteiger partial charge in [-0.1, -0.05) is 18.2 Å². The largest absolute Gasteiger partial charge is 0.573 e. The molecule has 1 aliphatic heterocycles. The van der Waals surface area contributed by atoms with Gasteiger partial charge in [-0.05, 0) is 54.6 Å². The van der Waals surface area contributed by atoms with E-state index in [2.05, 4.69) is 10.2 Å². The molecule has 152 valence electrons. The van der Waals surface area contributed by atoms with Crippen molar-refractivity contribution in [3.8, 4) is 17.1 Å². The summed E-state index contributed by atoms with van der Waals surface area (Å²) >= 11 is 0. The second-order valence-electron chi connectivity index (χ2n) is 6.25. The van der Waals surface area contributed by atoms with Crippen LogP contribution in [0.15, 0.2) is 76.7 Å². The molecule has 0 saturated carbocycles. The first-order valence-corrected chi connectivity index (χ1v) is 8.68. The number of para-hydroxylation sites is 1. The summed E-state index contributed by atoms with van der Waals surface area (Å²) in [5, 5.41) is 1.14. The molecule has 0 aliphatic carbocycles. The molecule has 30 heavy (non-hydrogen) atoms. The van der Waals surface area contributed by atoms with Crippen molar-refractivity contribution in [2.24, 2.45) is 0 Å². The van der Waals surface area contributed by atoms with Crippen molar-refractivity contribution in [3.63, 3.8) is 0 Å². The number of rotatable bonds is 4. The van der Waals surface area contributed by atoms with Crippen molar-refractivity contribution in [2.45, 2.75) is 6.36 Å². The number of furan rings is 1. The number of benzene rings is 2. The first kappa shape index (κ1) is 19.3. The second kappa shape index (κ2) is 7.43. The SMILES string of the molecule is O=C1NN(c2ccccc2)C(=O)/C1=C\c1ccc(-c2ccc(OC(F)(F)F)cc2)o1. The Kier molecular flexibility index (Phi) is 4.78. The molecule has 0 radical (unpaired) electrons. The number of hydrogen-bond donors (Lipinski definition) is 1. The molecule has 1 saturated heterocycles. The van der Waals surface area contributed by atoms with E-state index in [4.69, 9.17) is 4.42 Å². The van der Waals surface area contributed by atoms with Gasteiger partial charge in [0.1, 0.15) is 22.8 Å². The number of alkyl halides is 3. The Labute approximate surface area is 168 Å². The van der Waals surface area contributed by atoms with E-state index in [0.29, 0.717) is 17.0 Å². The Morgan fingerprint density at radius 2 is 1.63 bits per heavy atom. The van der Waals surface area contributed by atoms with Crippen LogP contribution in [0.2, 0.25) is 0 Å². The van der Waals surface area contributed by atoms with Crippen molar-refractivity contribution in [3.05, 3.63) is 78.1 Å². The van der Waals surface area contributed by atoms with Crippen LogP contribution in [-0.2, 0) is 9.59 Å². The van der Waals surface area contributed by atoms with Gasteiger partial charge in [0.15, 0.2) is 0 Å². The Hall–Kier alpha value is -4.01. The van der Waals surface area contributed by atoms with Crippen LogP contribution >= 0.6 is 0 Å². The van der Waals surface area contributed by atoms with E-state index in [9.17, 15) is 22.8 Å². The molecule has 2 heterocycles. The van der Waals surface area contributed by atoms with Crippen LogP contribution in [0.5, 0.6) is 5.75 Å². The van der Waals surface area contributed by atoms with Gasteiger partial charge in [0, 0.05) is 5.56 Å². The number of anilines is 1. The third-order valence-electron chi connectivity index (χ3n) is 4.19. The van der Waals surface area contributed by atoms with Crippen LogP contribution in [0.1, 0.15) is 5.76 Å². The lowest BCUT2D eigenvalue weighted by molar-refractivity contribution is -0.274. The third-order valence-corrected chi connectivity index (χ3v) is 4.19. The molecule has 3 aromatic rings. The maximum atomic E-state index is 12.6. The predicted octanol–water partition coefficient (Wildman–Crippen LogP) is 4.31. The molecule has 1 aromatic heterocycles. The zero-order chi connectivity index (χ0) is 21.3. The van der Waals surface area contributed by atoms with Gasteiger partial charge in [0.05, 0.1) is 5.69 Å². The van der Waals surface area contributed by atoms with Gasteiger partial charge in [-0.2, -0.15) is 0 Å². The highest BCUT2D eigenvalue weighted by Crippen LogP contribution is 2.29. The smallest absolute Gasteiger partial charge is 0.457 e. The van der Waals surface area contributed by atoms with Gasteiger partial charge in [-0.25, -0.2) is 5.01 Å². The fraction of sp³-hybridized carbons (Fsp3) is 0.0476. The van der Waals surface area contributed by atoms with Crippen molar-refractivity contribution in [2.75, 3.05) is 5.01 Å². The lowest BCUT2D eigenvalue weighted by Gasteiger charge is -2.13. The minimum atomic E-state index is -4.77. The zero-order valence-electron chi connectivity index (χ0n) is 15.1. The summed E-state index contributed by atoms with van der Waals surface area (Å²) in [7, 11) is 0. The summed E-state index contributed by atoms with van der Waals surface area (Å²) in [6, 6.07) is 16.9. The van der Waals surface area contributed by atoms with E-state index in [1.54, 1.807) is 42.5 Å². The van der Waals surface area contributed by atoms with E-state index in [1.807, 2.05) is 0 Å². The Bertz CT molecular complexity index is 1120. The van der Waals surface area contributed by atoms with Crippen molar-refractivity contribution in [1.29, 1.82) is 0 Å². The maximum absolute atomic E-state index is 12.6. The highest BCUT2D eigenvalue weighted by molar-refractivity contribution is 6.31. The van der Waals surface area contributed by atoms with Crippen LogP contribution in [0.4, 0.5) is 18.9 Å². The van der Waals surface area contributed by atoms with Crippen LogP contribution in [0, 0.1) is 0 Å². The third kappa shape index (κ3) is 4.04. The Morgan fingerprint density at radius 1 is 0.933 bits per heavy atom. The van der Waals surface area contributed by atoms with E-state index in [-0.39, 0.29) is 17.1 Å². The van der Waals surface area contributed by atoms with Crippen LogP contribution in [-0.4, -0.2) is 18.2 Å². The highest BCUT2D eigenvalue weighted by Gasteiger charge is 2.34. The number of carbonyl (C=O) groups excluding carboxylic acids is 2. The molecule has 2 aromatic carbocycles. The Morgan fingerprint density at radius 3 is 2.30 bits per heavy atom. The van der Waals surface area contributed by atoms with Crippen molar-refractivity contribution in [1.82, 2.24) is 5.43 Å². The highest BCUT2D eigenvalue weighted by atomic mass is 19.4. The van der Waals surface area contributed by atoms with E-state index in [0.717, 1.165) is 17.1 Å². The molecule has 9 heteroatoms. The average Bonchev–Trinajstić information content (AvgIpc) is 3.28. The molecule has 0 spiro atoms. The number of carbonyl (C=O) groups is 2. The number of hydrogen-bond acceptors (Lipinski definition) is 4. The van der Waals surface area contributed by atoms with E-state index < -0.39 is 18.2 Å². The first-order valence-electron chi connectivity index (χ1n) is 8.68. The molecule has 2 amide bonds. The molecule has 4 rings (SSSR count). The lowest BCUT2D eigenvalue weighted by Crippen LogP contribution is -2.35. The first-order chi connectivity index (χ1) is 14.3. The number of nitrogens with zero attached hydrogens (tertiary/aromatic N) is 1. The van der Waals surface area contributed by atoms with Crippen molar-refractivity contribution >= 4 is 23.6 Å². The maximum Gasteiger partial charge on any atom is 0.573 e. The predicted molar refractivity (Wildman–Crippen MR) is 101 cm³/mol. The summed E-state index contributed by atoms with van der Waals surface area (Å²) in [6.45, 7) is 0. The van der Waals surface area contributed by atoms with Gasteiger partial charge >= 0.3 is 6.36 Å². The number of halogens is 3. The molecule has 0 unspecified atom stereocenters. The van der Waals surface area contributed by atoms with Gasteiger partial charge in [-0.15, -0.1) is 13.2 Å². The summed E-state index contributed by atoms with van der Waals surface area (Å²) in [5.41, 5.74) is 3.40. The van der Waals surface area contributed by atoms with Crippen molar-refractivity contribution < 1.29 is 31.9 Å². The molecule has 0 bridgehead atoms. The fourth-order valence-corrected chi connectivity index (χ4v) is 2.86. The average molecular weight is 414 g/mol. The summed E-state index contributed by atoms with van der Waals surface area (Å²) < 4.78 is 46.2. The number of ether oxygens (including phenoxy) is 1. The van der Waals surface area contributed by atoms with Gasteiger partial charge in [-0.3, -0.25) is 15.0 Å². The lowest BCUT2D eigenvalue weighted by atomic mass is 10.2. The van der Waals surface area contributed by atoms with Crippen LogP contribution < -0.4 is 15.2 Å². The normalized spacial score (nSPS) is 15.6. The van der Waals surface area contributed by atoms with Gasteiger partial charge in [0.25, 0.3) is 11.8 Å². The minimum absolute atomic E-state index is 0.103. The van der Waals surface area contributed by atoms with Crippen LogP contribution in [0.25, 0.3) is 17.4 Å². The second-order valence-corrected chi connectivity index (χ2v) is 6.25. The molecule has 1 aliphatic rings. The molecular weight excluding hydrogens is 401 g/mol. The number of hydrazine groups is 1. The van der Waals surface area contributed by atoms with Gasteiger partial charge < -0.3 is 9.15 Å². The van der Waals surface area contributed by atoms with Crippen LogP contribution in [0.3, 0.4) is 0 Å². The quantitative estimate of drug-likeness (QED) is 0.510. The minimum Gasteiger partial charge on any atom is -0.457 e. The van der Waals surface area contributed by atoms with E-state index in [1.165, 1.54) is 18.2 Å². The molecule has 6 nitrogen and oxygen atoms in total. The molecular formula is C21H13F3N2O4. The molecule has 0 atom stereocenters. The zero-order valence-corrected chi connectivity index (χ0v) is 15.1. The van der Waals surface area contributed by atoms with E-state index >= 15 is 0 Å². The monoisotopic (exact) mass is 414 g/mol. The molecule has 1 fully saturated rings. The number of amides is 2. The fourth-order valence-electron chi connectivity index (χ4n) is 2.86. The topological polar surface area (TPSA) is 71.8 Å².